The van der Waals surface area contributed by atoms with E-state index in [1.165, 1.54) is 0 Å². The van der Waals surface area contributed by atoms with E-state index in [9.17, 15) is 0 Å². The van der Waals surface area contributed by atoms with Crippen LogP contribution in [0.3, 0.4) is 0 Å². The number of rotatable bonds is 4. The predicted molar refractivity (Wildman–Crippen MR) is 55.3 cm³/mol. The first-order valence-corrected chi connectivity index (χ1v) is 4.63. The average Bonchev–Trinajstić information content (AvgIpc) is 2.00. The molecule has 70 valence electrons. The van der Waals surface area contributed by atoms with Crippen molar-refractivity contribution >= 4 is 17.4 Å². The predicted octanol–water partition coefficient (Wildman–Crippen LogP) is 2.88. The third kappa shape index (κ3) is 5.19. The molecule has 0 rings (SSSR count). The lowest BCUT2D eigenvalue weighted by Crippen LogP contribution is -2.17. The second-order valence-corrected chi connectivity index (χ2v) is 3.52. The minimum Gasteiger partial charge on any atom is -0.387 e. The number of aliphatic imine (C=N–C) groups is 1. The van der Waals surface area contributed by atoms with Gasteiger partial charge in [-0.3, -0.25) is 0 Å². The van der Waals surface area contributed by atoms with Crippen molar-refractivity contribution in [2.45, 2.75) is 33.6 Å². The van der Waals surface area contributed by atoms with E-state index in [1.54, 1.807) is 6.20 Å². The lowest BCUT2D eigenvalue weighted by molar-refractivity contribution is 0.871. The molecule has 0 bridgehead atoms. The number of halogens is 1. The van der Waals surface area contributed by atoms with Gasteiger partial charge in [-0.15, -0.1) is 0 Å². The number of allylic oxidation sites excluding steroid dienone is 1. The van der Waals surface area contributed by atoms with Crippen LogP contribution in [0.5, 0.6) is 0 Å². The smallest absolute Gasteiger partial charge is 0.101 e. The lowest BCUT2D eigenvalue weighted by Gasteiger charge is -2.00. The van der Waals surface area contributed by atoms with Gasteiger partial charge in [0.15, 0.2) is 0 Å². The summed E-state index contributed by atoms with van der Waals surface area (Å²) >= 11 is 5.83. The van der Waals surface area contributed by atoms with Crippen molar-refractivity contribution in [2.24, 2.45) is 16.6 Å². The van der Waals surface area contributed by atoms with Crippen LogP contribution in [0.15, 0.2) is 16.2 Å². The first-order chi connectivity index (χ1) is 5.57. The van der Waals surface area contributed by atoms with Gasteiger partial charge < -0.3 is 5.73 Å². The fourth-order valence-electron chi connectivity index (χ4n) is 0.597. The molecule has 0 unspecified atom stereocenters. The Kier molecular flexibility index (Phi) is 5.81. The molecule has 0 spiro atoms. The summed E-state index contributed by atoms with van der Waals surface area (Å²) in [5, 5.41) is 0.765. The van der Waals surface area contributed by atoms with Gasteiger partial charge in [-0.2, -0.15) is 0 Å². The summed E-state index contributed by atoms with van der Waals surface area (Å²) in [6.45, 7) is 6.08. The van der Waals surface area contributed by atoms with Gasteiger partial charge in [0, 0.05) is 17.2 Å². The molecule has 0 heterocycles. The minimum atomic E-state index is 0.285. The van der Waals surface area contributed by atoms with Crippen LogP contribution in [0.25, 0.3) is 0 Å². The van der Waals surface area contributed by atoms with E-state index < -0.39 is 0 Å². The van der Waals surface area contributed by atoms with E-state index in [1.807, 2.05) is 13.8 Å². The van der Waals surface area contributed by atoms with Gasteiger partial charge in [-0.25, -0.2) is 4.99 Å². The average molecular weight is 189 g/mol. The molecule has 0 saturated heterocycles. The Hall–Kier alpha value is -0.500. The highest BCUT2D eigenvalue weighted by atomic mass is 35.5. The number of nitrogens with zero attached hydrogens (tertiary/aromatic N) is 1. The van der Waals surface area contributed by atoms with E-state index in [0.717, 1.165) is 17.9 Å². The molecule has 0 amide bonds. The summed E-state index contributed by atoms with van der Waals surface area (Å²) < 4.78 is 0. The first kappa shape index (κ1) is 11.5. The number of nitrogens with two attached hydrogens (primary N) is 1. The number of hydrogen-bond acceptors (Lipinski definition) is 1. The van der Waals surface area contributed by atoms with Crippen molar-refractivity contribution in [1.29, 1.82) is 0 Å². The normalized spacial score (nSPS) is 14.1. The van der Waals surface area contributed by atoms with Crippen molar-refractivity contribution in [3.8, 4) is 0 Å². The molecule has 2 N–H and O–H groups in total. The molecule has 2 nitrogen and oxygen atoms in total. The Labute approximate surface area is 79.5 Å². The highest BCUT2D eigenvalue weighted by Crippen LogP contribution is 2.09. The van der Waals surface area contributed by atoms with Crippen LogP contribution < -0.4 is 5.73 Å². The Balaban J connectivity index is 4.08. The fourth-order valence-corrected chi connectivity index (χ4v) is 0.835. The molecule has 3 heteroatoms. The maximum absolute atomic E-state index is 5.83. The van der Waals surface area contributed by atoms with Crippen LogP contribution in [0, 0.1) is 5.92 Å². The molecule has 0 aliphatic heterocycles. The summed E-state index contributed by atoms with van der Waals surface area (Å²) in [7, 11) is 0. The Morgan fingerprint density at radius 1 is 1.58 bits per heavy atom. The van der Waals surface area contributed by atoms with Crippen molar-refractivity contribution in [3.63, 3.8) is 0 Å². The van der Waals surface area contributed by atoms with Gasteiger partial charge in [0.1, 0.15) is 5.84 Å². The van der Waals surface area contributed by atoms with Crippen LogP contribution in [-0.2, 0) is 0 Å². The van der Waals surface area contributed by atoms with Crippen molar-refractivity contribution < 1.29 is 0 Å². The van der Waals surface area contributed by atoms with Crippen LogP contribution >= 0.6 is 11.6 Å². The molecule has 0 aliphatic rings. The minimum absolute atomic E-state index is 0.285. The molecular weight excluding hydrogens is 172 g/mol. The highest BCUT2D eigenvalue weighted by Gasteiger charge is 1.96. The maximum atomic E-state index is 5.83. The van der Waals surface area contributed by atoms with E-state index >= 15 is 0 Å². The highest BCUT2D eigenvalue weighted by molar-refractivity contribution is 6.29. The quantitative estimate of drug-likeness (QED) is 0.535. The molecule has 0 saturated carbocycles. The van der Waals surface area contributed by atoms with Crippen LogP contribution in [0.4, 0.5) is 0 Å². The molecule has 0 aromatic carbocycles. The molecule has 0 atom stereocenters. The van der Waals surface area contributed by atoms with E-state index in [0.29, 0.717) is 5.84 Å². The monoisotopic (exact) mass is 188 g/mol. The SMILES string of the molecule is CCC/C(Cl)=C\N=C(N)C(C)C. The summed E-state index contributed by atoms with van der Waals surface area (Å²) in [6.07, 6.45) is 3.54. The molecular formula is C9H17ClN2. The summed E-state index contributed by atoms with van der Waals surface area (Å²) in [5.74, 6) is 0.914. The van der Waals surface area contributed by atoms with Crippen LogP contribution in [0.1, 0.15) is 33.6 Å². The van der Waals surface area contributed by atoms with E-state index in [-0.39, 0.29) is 5.92 Å². The third-order valence-electron chi connectivity index (χ3n) is 1.43. The Morgan fingerprint density at radius 2 is 2.17 bits per heavy atom. The number of amidine groups is 1. The molecule has 0 fully saturated rings. The molecule has 0 aliphatic carbocycles. The van der Waals surface area contributed by atoms with Gasteiger partial charge in [0.25, 0.3) is 0 Å². The molecule has 12 heavy (non-hydrogen) atoms. The maximum Gasteiger partial charge on any atom is 0.101 e. The van der Waals surface area contributed by atoms with Gasteiger partial charge in [-0.1, -0.05) is 38.8 Å². The topological polar surface area (TPSA) is 38.4 Å². The van der Waals surface area contributed by atoms with Crippen LogP contribution in [0.2, 0.25) is 0 Å². The molecule has 0 radical (unpaired) electrons. The van der Waals surface area contributed by atoms with Crippen molar-refractivity contribution in [1.82, 2.24) is 0 Å². The zero-order chi connectivity index (χ0) is 9.56. The Morgan fingerprint density at radius 3 is 2.58 bits per heavy atom. The van der Waals surface area contributed by atoms with Gasteiger partial charge >= 0.3 is 0 Å². The first-order valence-electron chi connectivity index (χ1n) is 4.25. The second-order valence-electron chi connectivity index (χ2n) is 3.03. The van der Waals surface area contributed by atoms with Crippen molar-refractivity contribution in [3.05, 3.63) is 11.2 Å². The fraction of sp³-hybridized carbons (Fsp3) is 0.667. The summed E-state index contributed by atoms with van der Waals surface area (Å²) in [5.41, 5.74) is 5.61. The van der Waals surface area contributed by atoms with Crippen molar-refractivity contribution in [2.75, 3.05) is 0 Å². The molecule has 0 aromatic rings. The van der Waals surface area contributed by atoms with E-state index in [4.69, 9.17) is 17.3 Å². The van der Waals surface area contributed by atoms with Gasteiger partial charge in [0.2, 0.25) is 0 Å². The zero-order valence-corrected chi connectivity index (χ0v) is 8.73. The lowest BCUT2D eigenvalue weighted by atomic mass is 10.2. The third-order valence-corrected chi connectivity index (χ3v) is 1.72. The second kappa shape index (κ2) is 6.06. The summed E-state index contributed by atoms with van der Waals surface area (Å²) in [6, 6.07) is 0. The molecule has 0 aromatic heterocycles. The number of hydrogen-bond donors (Lipinski definition) is 1. The standard InChI is InChI=1S/C9H17ClN2/c1-4-5-8(10)6-12-9(11)7(2)3/h6-7H,4-5H2,1-3H3,(H2,11,12)/b8-6+. The zero-order valence-electron chi connectivity index (χ0n) is 7.97. The largest absolute Gasteiger partial charge is 0.387 e. The summed E-state index contributed by atoms with van der Waals surface area (Å²) in [4.78, 5) is 4.04. The van der Waals surface area contributed by atoms with Gasteiger partial charge in [-0.05, 0) is 6.42 Å². The van der Waals surface area contributed by atoms with Crippen LogP contribution in [-0.4, -0.2) is 5.84 Å². The van der Waals surface area contributed by atoms with E-state index in [2.05, 4.69) is 11.9 Å². The van der Waals surface area contributed by atoms with Gasteiger partial charge in [0.05, 0.1) is 0 Å². The Bertz CT molecular complexity index is 183.